The van der Waals surface area contributed by atoms with Gasteiger partial charge in [-0.3, -0.25) is 4.79 Å². The number of aliphatic hydroxyl groups is 8. The van der Waals surface area contributed by atoms with Gasteiger partial charge in [0, 0.05) is 6.42 Å². The Morgan fingerprint density at radius 2 is 0.883 bits per heavy atom. The van der Waals surface area contributed by atoms with Crippen LogP contribution in [0.3, 0.4) is 0 Å². The second kappa shape index (κ2) is 48.2. The van der Waals surface area contributed by atoms with Gasteiger partial charge in [-0.1, -0.05) is 247 Å². The van der Waals surface area contributed by atoms with E-state index in [0.717, 1.165) is 51.4 Å². The van der Waals surface area contributed by atoms with E-state index >= 15 is 0 Å². The van der Waals surface area contributed by atoms with Gasteiger partial charge in [-0.05, 0) is 44.9 Å². The van der Waals surface area contributed by atoms with E-state index in [1.807, 2.05) is 18.2 Å². The highest BCUT2D eigenvalue weighted by molar-refractivity contribution is 5.77. The van der Waals surface area contributed by atoms with E-state index in [1.165, 1.54) is 148 Å². The molecule has 0 spiro atoms. The largest absolute Gasteiger partial charge is 0.394 e. The van der Waals surface area contributed by atoms with Crippen LogP contribution in [0.25, 0.3) is 0 Å². The van der Waals surface area contributed by atoms with Crippen LogP contribution in [0.1, 0.15) is 226 Å². The van der Waals surface area contributed by atoms with Crippen molar-refractivity contribution in [2.75, 3.05) is 19.8 Å². The highest BCUT2D eigenvalue weighted by Crippen LogP contribution is 2.30. The number of carbonyl (C=O) groups is 1. The van der Waals surface area contributed by atoms with Gasteiger partial charge in [0.15, 0.2) is 12.6 Å². The van der Waals surface area contributed by atoms with Crippen molar-refractivity contribution in [3.05, 3.63) is 72.9 Å². The van der Waals surface area contributed by atoms with E-state index in [-0.39, 0.29) is 18.9 Å². The Kier molecular flexibility index (Phi) is 44.1. The zero-order valence-electron chi connectivity index (χ0n) is 47.9. The van der Waals surface area contributed by atoms with Crippen LogP contribution in [0.4, 0.5) is 0 Å². The van der Waals surface area contributed by atoms with Crippen LogP contribution in [-0.4, -0.2) is 140 Å². The van der Waals surface area contributed by atoms with E-state index in [2.05, 4.69) is 61.7 Å². The predicted molar refractivity (Wildman–Crippen MR) is 309 cm³/mol. The van der Waals surface area contributed by atoms with Crippen molar-refractivity contribution in [1.82, 2.24) is 5.32 Å². The second-order valence-corrected chi connectivity index (χ2v) is 21.5. The van der Waals surface area contributed by atoms with Crippen molar-refractivity contribution in [2.45, 2.75) is 299 Å². The molecule has 0 aliphatic carbocycles. The summed E-state index contributed by atoms with van der Waals surface area (Å²) in [7, 11) is 0. The van der Waals surface area contributed by atoms with Gasteiger partial charge in [0.1, 0.15) is 48.8 Å². The highest BCUT2D eigenvalue weighted by Gasteiger charge is 2.51. The molecule has 77 heavy (non-hydrogen) atoms. The van der Waals surface area contributed by atoms with E-state index in [4.69, 9.17) is 18.9 Å². The fourth-order valence-corrected chi connectivity index (χ4v) is 9.77. The zero-order valence-corrected chi connectivity index (χ0v) is 47.9. The maximum atomic E-state index is 13.2. The van der Waals surface area contributed by atoms with E-state index in [0.29, 0.717) is 6.42 Å². The number of nitrogens with one attached hydrogen (secondary N) is 1. The Morgan fingerprint density at radius 3 is 1.32 bits per heavy atom. The van der Waals surface area contributed by atoms with Crippen molar-refractivity contribution < 1.29 is 64.6 Å². The molecule has 2 fully saturated rings. The molecular formula is C63H111NO13. The van der Waals surface area contributed by atoms with Crippen LogP contribution >= 0.6 is 0 Å². The van der Waals surface area contributed by atoms with E-state index in [9.17, 15) is 45.6 Å². The summed E-state index contributed by atoms with van der Waals surface area (Å²) in [6.07, 6.45) is 47.0. The first-order chi connectivity index (χ1) is 37.6. The molecule has 12 unspecified atom stereocenters. The van der Waals surface area contributed by atoms with Crippen molar-refractivity contribution in [2.24, 2.45) is 0 Å². The quantitative estimate of drug-likeness (QED) is 0.0204. The van der Waals surface area contributed by atoms with Gasteiger partial charge in [-0.2, -0.15) is 0 Å². The molecule has 0 saturated carbocycles. The maximum absolute atomic E-state index is 13.2. The normalized spacial score (nSPS) is 25.2. The number of ether oxygens (including phenoxy) is 4. The third-order valence-electron chi connectivity index (χ3n) is 14.7. The van der Waals surface area contributed by atoms with Crippen molar-refractivity contribution in [1.29, 1.82) is 0 Å². The topological polar surface area (TPSA) is 228 Å². The van der Waals surface area contributed by atoms with Gasteiger partial charge >= 0.3 is 0 Å². The number of aliphatic hydroxyl groups excluding tert-OH is 8. The van der Waals surface area contributed by atoms with E-state index in [1.54, 1.807) is 12.2 Å². The minimum absolute atomic E-state index is 0.0465. The zero-order chi connectivity index (χ0) is 56.0. The molecule has 2 rings (SSSR count). The first-order valence-corrected chi connectivity index (χ1v) is 30.7. The molecule has 9 N–H and O–H groups in total. The standard InChI is InChI=1S/C63H111NO13/c1-3-5-7-9-11-13-15-17-19-20-21-22-23-24-25-26-27-28-29-30-31-33-34-36-38-40-42-44-46-52(67)51(64-55(68)47-45-43-41-39-37-35-32-18-16-14-12-10-8-6-4-2)50-74-62-60(73)58(71)61(54(49-66)76-62)77-63-59(72)57(70)56(69)53(48-65)75-63/h6,8,12,14,18,32,37,39,43-46,51-54,56-63,65-67,69-73H,3-5,7,9-11,13,15-17,19-31,33-36,38,40-42,47-50H2,1-2H3,(H,64,68)/b8-6-,14-12-,32-18-,39-37-,45-43-,46-44+. The molecule has 0 bridgehead atoms. The summed E-state index contributed by atoms with van der Waals surface area (Å²) in [5.41, 5.74) is 0. The van der Waals surface area contributed by atoms with Gasteiger partial charge in [0.2, 0.25) is 5.91 Å². The molecule has 0 aromatic heterocycles. The van der Waals surface area contributed by atoms with E-state index < -0.39 is 86.8 Å². The van der Waals surface area contributed by atoms with Crippen molar-refractivity contribution >= 4 is 5.91 Å². The third-order valence-corrected chi connectivity index (χ3v) is 14.7. The molecule has 0 aromatic carbocycles. The number of allylic oxidation sites excluding steroid dienone is 10. The molecule has 1 amide bonds. The Bertz CT molecular complexity index is 1570. The highest BCUT2D eigenvalue weighted by atomic mass is 16.7. The molecule has 446 valence electrons. The Morgan fingerprint density at radius 1 is 0.481 bits per heavy atom. The van der Waals surface area contributed by atoms with Crippen LogP contribution < -0.4 is 5.32 Å². The van der Waals surface area contributed by atoms with Crippen molar-refractivity contribution in [3.8, 4) is 0 Å². The molecule has 12 atom stereocenters. The summed E-state index contributed by atoms with van der Waals surface area (Å²) in [6.45, 7) is 2.62. The minimum atomic E-state index is -1.80. The van der Waals surface area contributed by atoms with Gasteiger partial charge in [0.25, 0.3) is 0 Å². The summed E-state index contributed by atoms with van der Waals surface area (Å²) in [5, 5.41) is 87.0. The fourth-order valence-electron chi connectivity index (χ4n) is 9.77. The fraction of sp³-hybridized carbons (Fsp3) is 0.794. The SMILES string of the molecule is CC/C=C\C/C=C\C/C=C\C/C=C\C/C=C\CC(=O)NC(COC1OC(CO)C(OC2OC(CO)C(O)C(O)C2O)C(O)C1O)C(O)/C=C/CCCCCCCCCCCCCCCCCCCCCCCCCCCC. The number of hydrogen-bond acceptors (Lipinski definition) is 13. The summed E-state index contributed by atoms with van der Waals surface area (Å²) in [4.78, 5) is 13.2. The lowest BCUT2D eigenvalue weighted by molar-refractivity contribution is -0.359. The predicted octanol–water partition coefficient (Wildman–Crippen LogP) is 10.7. The number of hydrogen-bond donors (Lipinski definition) is 9. The summed E-state index contributed by atoms with van der Waals surface area (Å²) in [5.74, 6) is -0.366. The molecular weight excluding hydrogens is 979 g/mol. The lowest BCUT2D eigenvalue weighted by atomic mass is 9.97. The number of rotatable bonds is 48. The van der Waals surface area contributed by atoms with Gasteiger partial charge < -0.3 is 65.1 Å². The number of carbonyl (C=O) groups excluding carboxylic acids is 1. The monoisotopic (exact) mass is 1090 g/mol. The molecule has 14 nitrogen and oxygen atoms in total. The average molecular weight is 1090 g/mol. The summed E-state index contributed by atoms with van der Waals surface area (Å²) >= 11 is 0. The smallest absolute Gasteiger partial charge is 0.224 e. The lowest BCUT2D eigenvalue weighted by Crippen LogP contribution is -2.65. The maximum Gasteiger partial charge on any atom is 0.224 e. The van der Waals surface area contributed by atoms with Crippen LogP contribution in [-0.2, 0) is 23.7 Å². The molecule has 0 aromatic rings. The molecule has 2 saturated heterocycles. The first-order valence-electron chi connectivity index (χ1n) is 30.7. The number of unbranched alkanes of at least 4 members (excludes halogenated alkanes) is 26. The average Bonchev–Trinajstić information content (AvgIpc) is 3.44. The van der Waals surface area contributed by atoms with Crippen LogP contribution in [0.2, 0.25) is 0 Å². The molecule has 2 aliphatic heterocycles. The summed E-state index contributed by atoms with van der Waals surface area (Å²) < 4.78 is 22.7. The van der Waals surface area contributed by atoms with Crippen LogP contribution in [0.15, 0.2) is 72.9 Å². The van der Waals surface area contributed by atoms with Crippen LogP contribution in [0.5, 0.6) is 0 Å². The van der Waals surface area contributed by atoms with Gasteiger partial charge in [0.05, 0.1) is 32.0 Å². The Balaban J connectivity index is 1.74. The summed E-state index contributed by atoms with van der Waals surface area (Å²) in [6, 6.07) is -0.973. The van der Waals surface area contributed by atoms with Gasteiger partial charge in [-0.25, -0.2) is 0 Å². The lowest BCUT2D eigenvalue weighted by Gasteiger charge is -2.46. The Hall–Kier alpha value is -2.57. The van der Waals surface area contributed by atoms with Crippen LogP contribution in [0, 0.1) is 0 Å². The third kappa shape index (κ3) is 33.7. The first kappa shape index (κ1) is 70.5. The van der Waals surface area contributed by atoms with Crippen molar-refractivity contribution in [3.63, 3.8) is 0 Å². The number of amides is 1. The molecule has 0 radical (unpaired) electrons. The molecule has 14 heteroatoms. The second-order valence-electron chi connectivity index (χ2n) is 21.5. The Labute approximate surface area is 466 Å². The molecule has 2 heterocycles. The molecule has 2 aliphatic rings. The van der Waals surface area contributed by atoms with Gasteiger partial charge in [-0.15, -0.1) is 0 Å². The minimum Gasteiger partial charge on any atom is -0.394 e.